The molecule has 0 aliphatic heterocycles. The largest absolute Gasteiger partial charge is 0.293 e. The van der Waals surface area contributed by atoms with Gasteiger partial charge in [0.05, 0.1) is 21.6 Å². The summed E-state index contributed by atoms with van der Waals surface area (Å²) in [6, 6.07) is 9.68. The van der Waals surface area contributed by atoms with E-state index < -0.39 is 16.6 Å². The first-order valence-corrected chi connectivity index (χ1v) is 7.67. The second kappa shape index (κ2) is 6.48. The molecule has 0 fully saturated rings. The quantitative estimate of drug-likeness (QED) is 0.790. The SMILES string of the molecule is O=C(CS(=O)c1ccc(F)cc1)c1ccc(Cl)cc1Cl. The lowest BCUT2D eigenvalue weighted by Gasteiger charge is -2.04. The van der Waals surface area contributed by atoms with Crippen LogP contribution in [-0.2, 0) is 10.8 Å². The Morgan fingerprint density at radius 3 is 2.35 bits per heavy atom. The first kappa shape index (κ1) is 15.2. The molecule has 1 unspecified atom stereocenters. The van der Waals surface area contributed by atoms with Crippen molar-refractivity contribution in [3.63, 3.8) is 0 Å². The van der Waals surface area contributed by atoms with Gasteiger partial charge in [-0.15, -0.1) is 0 Å². The number of hydrogen-bond acceptors (Lipinski definition) is 2. The molecule has 0 spiro atoms. The van der Waals surface area contributed by atoms with Gasteiger partial charge in [-0.25, -0.2) is 4.39 Å². The molecule has 0 saturated carbocycles. The number of rotatable bonds is 4. The Bertz CT molecular complexity index is 671. The van der Waals surface area contributed by atoms with Crippen molar-refractivity contribution in [2.75, 3.05) is 5.75 Å². The number of Topliss-reactive ketones (excluding diaryl/α,β-unsaturated/α-hetero) is 1. The molecular formula is C14H9Cl2FO2S. The van der Waals surface area contributed by atoms with E-state index in [4.69, 9.17) is 23.2 Å². The third-order valence-corrected chi connectivity index (χ3v) is 4.44. The first-order valence-electron chi connectivity index (χ1n) is 5.59. The monoisotopic (exact) mass is 330 g/mol. The molecular weight excluding hydrogens is 322 g/mol. The van der Waals surface area contributed by atoms with Crippen molar-refractivity contribution in [2.45, 2.75) is 4.90 Å². The van der Waals surface area contributed by atoms with Crippen LogP contribution in [0.15, 0.2) is 47.4 Å². The van der Waals surface area contributed by atoms with Crippen LogP contribution in [0, 0.1) is 5.82 Å². The minimum absolute atomic E-state index is 0.215. The Balaban J connectivity index is 2.15. The highest BCUT2D eigenvalue weighted by Crippen LogP contribution is 2.22. The molecule has 0 radical (unpaired) electrons. The normalized spacial score (nSPS) is 12.2. The summed E-state index contributed by atoms with van der Waals surface area (Å²) in [7, 11) is -1.54. The molecule has 2 aromatic rings. The number of hydrogen-bond donors (Lipinski definition) is 0. The molecule has 0 aromatic heterocycles. The maximum Gasteiger partial charge on any atom is 0.177 e. The molecule has 0 saturated heterocycles. The van der Waals surface area contributed by atoms with Crippen LogP contribution < -0.4 is 0 Å². The van der Waals surface area contributed by atoms with Gasteiger partial charge in [0.1, 0.15) is 5.82 Å². The van der Waals surface area contributed by atoms with Crippen LogP contribution in [0.1, 0.15) is 10.4 Å². The maximum atomic E-state index is 12.8. The molecule has 2 nitrogen and oxygen atoms in total. The zero-order chi connectivity index (χ0) is 14.7. The Labute approximate surface area is 128 Å². The van der Waals surface area contributed by atoms with E-state index in [-0.39, 0.29) is 22.1 Å². The molecule has 0 amide bonds. The molecule has 0 heterocycles. The molecule has 0 bridgehead atoms. The summed E-state index contributed by atoms with van der Waals surface area (Å²) in [5, 5.41) is 0.643. The predicted octanol–water partition coefficient (Wildman–Crippen LogP) is 4.12. The lowest BCUT2D eigenvalue weighted by Crippen LogP contribution is -2.11. The molecule has 2 rings (SSSR count). The van der Waals surface area contributed by atoms with Gasteiger partial charge in [-0.1, -0.05) is 23.2 Å². The fourth-order valence-corrected chi connectivity index (χ4v) is 3.10. The van der Waals surface area contributed by atoms with Gasteiger partial charge in [0.2, 0.25) is 0 Å². The summed E-state index contributed by atoms with van der Waals surface area (Å²) in [4.78, 5) is 12.4. The molecule has 1 atom stereocenters. The van der Waals surface area contributed by atoms with Crippen molar-refractivity contribution in [3.05, 3.63) is 63.9 Å². The summed E-state index contributed by atoms with van der Waals surface area (Å²) < 4.78 is 24.8. The van der Waals surface area contributed by atoms with Crippen molar-refractivity contribution in [1.82, 2.24) is 0 Å². The van der Waals surface area contributed by atoms with Crippen LogP contribution in [-0.4, -0.2) is 15.7 Å². The van der Waals surface area contributed by atoms with Crippen molar-refractivity contribution >= 4 is 39.8 Å². The Morgan fingerprint density at radius 2 is 1.75 bits per heavy atom. The van der Waals surface area contributed by atoms with Gasteiger partial charge in [0, 0.05) is 15.5 Å². The number of benzene rings is 2. The molecule has 0 aliphatic carbocycles. The van der Waals surface area contributed by atoms with Crippen LogP contribution in [0.5, 0.6) is 0 Å². The Kier molecular flexibility index (Phi) is 4.91. The summed E-state index contributed by atoms with van der Waals surface area (Å²) in [5.74, 6) is -0.986. The fraction of sp³-hybridized carbons (Fsp3) is 0.0714. The van der Waals surface area contributed by atoms with Gasteiger partial charge >= 0.3 is 0 Å². The van der Waals surface area contributed by atoms with Crippen LogP contribution in [0.25, 0.3) is 0 Å². The Morgan fingerprint density at radius 1 is 1.10 bits per heavy atom. The van der Waals surface area contributed by atoms with Crippen LogP contribution in [0.3, 0.4) is 0 Å². The van der Waals surface area contributed by atoms with Crippen LogP contribution >= 0.6 is 23.2 Å². The number of carbonyl (C=O) groups excluding carboxylic acids is 1. The standard InChI is InChI=1S/C14H9Cl2FO2S/c15-9-1-6-12(13(16)7-9)14(18)8-20(19)11-4-2-10(17)3-5-11/h1-7H,8H2. The second-order valence-corrected chi connectivity index (χ2v) is 6.29. The topological polar surface area (TPSA) is 34.1 Å². The summed E-state index contributed by atoms with van der Waals surface area (Å²) in [6.07, 6.45) is 0. The zero-order valence-electron chi connectivity index (χ0n) is 10.1. The molecule has 104 valence electrons. The van der Waals surface area contributed by atoms with Crippen molar-refractivity contribution in [3.8, 4) is 0 Å². The second-order valence-electron chi connectivity index (χ2n) is 3.99. The number of halogens is 3. The van der Waals surface area contributed by atoms with E-state index in [1.165, 1.54) is 36.4 Å². The van der Waals surface area contributed by atoms with Gasteiger partial charge in [-0.3, -0.25) is 9.00 Å². The molecule has 6 heteroatoms. The van der Waals surface area contributed by atoms with E-state index >= 15 is 0 Å². The van der Waals surface area contributed by atoms with Gasteiger partial charge in [0.25, 0.3) is 0 Å². The zero-order valence-corrected chi connectivity index (χ0v) is 12.4. The first-order chi connectivity index (χ1) is 9.47. The van der Waals surface area contributed by atoms with Crippen molar-refractivity contribution < 1.29 is 13.4 Å². The minimum Gasteiger partial charge on any atom is -0.293 e. The van der Waals surface area contributed by atoms with Gasteiger partial charge < -0.3 is 0 Å². The molecule has 0 aliphatic rings. The highest BCUT2D eigenvalue weighted by atomic mass is 35.5. The maximum absolute atomic E-state index is 12.8. The van der Waals surface area contributed by atoms with Crippen LogP contribution in [0.4, 0.5) is 4.39 Å². The van der Waals surface area contributed by atoms with E-state index in [1.54, 1.807) is 6.07 Å². The summed E-state index contributed by atoms with van der Waals surface area (Å²) >= 11 is 11.7. The summed E-state index contributed by atoms with van der Waals surface area (Å²) in [6.45, 7) is 0. The van der Waals surface area contributed by atoms with Gasteiger partial charge in [-0.2, -0.15) is 0 Å². The third-order valence-electron chi connectivity index (χ3n) is 2.57. The average Bonchev–Trinajstić information content (AvgIpc) is 2.39. The summed E-state index contributed by atoms with van der Waals surface area (Å²) in [5.41, 5.74) is 0.270. The number of ketones is 1. The predicted molar refractivity (Wildman–Crippen MR) is 78.5 cm³/mol. The van der Waals surface area contributed by atoms with Crippen molar-refractivity contribution in [1.29, 1.82) is 0 Å². The Hall–Kier alpha value is -1.23. The molecule has 20 heavy (non-hydrogen) atoms. The minimum atomic E-state index is -1.54. The lowest BCUT2D eigenvalue weighted by molar-refractivity contribution is 0.102. The smallest absolute Gasteiger partial charge is 0.177 e. The molecule has 0 N–H and O–H groups in total. The van der Waals surface area contributed by atoms with E-state index in [2.05, 4.69) is 0 Å². The van der Waals surface area contributed by atoms with Gasteiger partial charge in [0.15, 0.2) is 5.78 Å². The van der Waals surface area contributed by atoms with E-state index in [0.717, 1.165) is 0 Å². The van der Waals surface area contributed by atoms with Crippen molar-refractivity contribution in [2.24, 2.45) is 0 Å². The van der Waals surface area contributed by atoms with E-state index in [1.807, 2.05) is 0 Å². The highest BCUT2D eigenvalue weighted by molar-refractivity contribution is 7.85. The van der Waals surface area contributed by atoms with E-state index in [0.29, 0.717) is 9.92 Å². The molecule has 2 aromatic carbocycles. The van der Waals surface area contributed by atoms with E-state index in [9.17, 15) is 13.4 Å². The fourth-order valence-electron chi connectivity index (χ4n) is 1.58. The lowest BCUT2D eigenvalue weighted by atomic mass is 10.1. The average molecular weight is 331 g/mol. The number of carbonyl (C=O) groups is 1. The highest BCUT2D eigenvalue weighted by Gasteiger charge is 2.15. The van der Waals surface area contributed by atoms with Gasteiger partial charge in [-0.05, 0) is 42.5 Å². The third kappa shape index (κ3) is 3.66. The van der Waals surface area contributed by atoms with Crippen LogP contribution in [0.2, 0.25) is 10.0 Å².